The molecule has 0 aliphatic heterocycles. The van der Waals surface area contributed by atoms with Gasteiger partial charge in [-0.05, 0) is 30.0 Å². The van der Waals surface area contributed by atoms with Crippen molar-refractivity contribution in [1.29, 1.82) is 0 Å². The average molecular weight is 256 g/mol. The maximum Gasteiger partial charge on any atom is 0.0360 e. The molecule has 0 spiro atoms. The highest BCUT2D eigenvalue weighted by atomic mass is 79.9. The predicted molar refractivity (Wildman–Crippen MR) is 62.2 cm³/mol. The zero-order chi connectivity index (χ0) is 9.42. The van der Waals surface area contributed by atoms with Gasteiger partial charge in [-0.3, -0.25) is 0 Å². The van der Waals surface area contributed by atoms with Crippen LogP contribution in [0.4, 0.5) is 0 Å². The number of fused-ring (bicyclic) bond motifs is 1. The van der Waals surface area contributed by atoms with E-state index in [1.165, 1.54) is 20.5 Å². The fraction of sp³-hybridized carbons (Fsp3) is 0.200. The van der Waals surface area contributed by atoms with Gasteiger partial charge in [-0.15, -0.1) is 11.3 Å². The van der Waals surface area contributed by atoms with Crippen molar-refractivity contribution in [1.82, 2.24) is 0 Å². The number of halogens is 1. The van der Waals surface area contributed by atoms with Crippen molar-refractivity contribution in [2.24, 2.45) is 5.73 Å². The van der Waals surface area contributed by atoms with Crippen LogP contribution in [-0.4, -0.2) is 0 Å². The third-order valence-electron chi connectivity index (χ3n) is 2.18. The van der Waals surface area contributed by atoms with Gasteiger partial charge < -0.3 is 5.73 Å². The van der Waals surface area contributed by atoms with Crippen LogP contribution in [0.2, 0.25) is 0 Å². The highest BCUT2D eigenvalue weighted by Gasteiger charge is 2.06. The van der Waals surface area contributed by atoms with Gasteiger partial charge in [0.25, 0.3) is 0 Å². The number of nitrogens with two attached hydrogens (primary N) is 1. The van der Waals surface area contributed by atoms with E-state index in [9.17, 15) is 0 Å². The molecule has 0 bridgehead atoms. The first-order valence-electron chi connectivity index (χ1n) is 4.10. The van der Waals surface area contributed by atoms with Crippen LogP contribution in [0, 0.1) is 6.92 Å². The Morgan fingerprint density at radius 3 is 2.92 bits per heavy atom. The molecule has 0 amide bonds. The molecule has 2 aromatic rings. The predicted octanol–water partition coefficient (Wildman–Crippen LogP) is 3.43. The Bertz CT molecular complexity index is 447. The van der Waals surface area contributed by atoms with Crippen LogP contribution < -0.4 is 5.73 Å². The monoisotopic (exact) mass is 255 g/mol. The summed E-state index contributed by atoms with van der Waals surface area (Å²) in [6.45, 7) is 2.78. The lowest BCUT2D eigenvalue weighted by atomic mass is 10.1. The SMILES string of the molecule is Cc1c(CN)sc2cc(Br)ccc12. The van der Waals surface area contributed by atoms with E-state index in [2.05, 4.69) is 41.1 Å². The van der Waals surface area contributed by atoms with Crippen LogP contribution in [0.3, 0.4) is 0 Å². The summed E-state index contributed by atoms with van der Waals surface area (Å²) in [5.74, 6) is 0. The number of hydrogen-bond acceptors (Lipinski definition) is 2. The van der Waals surface area contributed by atoms with Gasteiger partial charge >= 0.3 is 0 Å². The first kappa shape index (κ1) is 9.19. The second-order valence-electron chi connectivity index (χ2n) is 2.99. The Morgan fingerprint density at radius 2 is 2.23 bits per heavy atom. The number of thiophene rings is 1. The van der Waals surface area contributed by atoms with Crippen LogP contribution in [-0.2, 0) is 6.54 Å². The second kappa shape index (κ2) is 3.40. The maximum absolute atomic E-state index is 5.65. The van der Waals surface area contributed by atoms with Gasteiger partial charge in [0.1, 0.15) is 0 Å². The normalized spacial score (nSPS) is 11.0. The number of benzene rings is 1. The third kappa shape index (κ3) is 1.52. The summed E-state index contributed by atoms with van der Waals surface area (Å²) in [4.78, 5) is 1.29. The van der Waals surface area contributed by atoms with Crippen LogP contribution in [0.1, 0.15) is 10.4 Å². The Balaban J connectivity index is 2.76. The topological polar surface area (TPSA) is 26.0 Å². The first-order valence-corrected chi connectivity index (χ1v) is 5.71. The fourth-order valence-electron chi connectivity index (χ4n) is 1.44. The van der Waals surface area contributed by atoms with Crippen molar-refractivity contribution in [3.05, 3.63) is 33.1 Å². The van der Waals surface area contributed by atoms with E-state index < -0.39 is 0 Å². The van der Waals surface area contributed by atoms with Gasteiger partial charge in [0, 0.05) is 20.6 Å². The summed E-state index contributed by atoms with van der Waals surface area (Å²) in [7, 11) is 0. The summed E-state index contributed by atoms with van der Waals surface area (Å²) in [5, 5.41) is 1.33. The second-order valence-corrected chi connectivity index (χ2v) is 5.05. The number of hydrogen-bond donors (Lipinski definition) is 1. The minimum Gasteiger partial charge on any atom is -0.326 e. The van der Waals surface area contributed by atoms with Crippen molar-refractivity contribution in [3.63, 3.8) is 0 Å². The van der Waals surface area contributed by atoms with Gasteiger partial charge in [-0.1, -0.05) is 22.0 Å². The third-order valence-corrected chi connectivity index (χ3v) is 3.95. The molecule has 1 heterocycles. The van der Waals surface area contributed by atoms with E-state index in [-0.39, 0.29) is 0 Å². The van der Waals surface area contributed by atoms with E-state index in [4.69, 9.17) is 5.73 Å². The van der Waals surface area contributed by atoms with Crippen LogP contribution in [0.25, 0.3) is 10.1 Å². The number of aryl methyl sites for hydroxylation is 1. The van der Waals surface area contributed by atoms with Gasteiger partial charge in [0.05, 0.1) is 0 Å². The lowest BCUT2D eigenvalue weighted by Crippen LogP contribution is -1.93. The molecule has 0 saturated carbocycles. The minimum absolute atomic E-state index is 0.642. The molecule has 0 unspecified atom stereocenters. The van der Waals surface area contributed by atoms with E-state index >= 15 is 0 Å². The highest BCUT2D eigenvalue weighted by Crippen LogP contribution is 2.32. The van der Waals surface area contributed by atoms with Crippen molar-refractivity contribution in [2.45, 2.75) is 13.5 Å². The van der Waals surface area contributed by atoms with Crippen molar-refractivity contribution >= 4 is 37.4 Å². The zero-order valence-electron chi connectivity index (χ0n) is 7.30. The van der Waals surface area contributed by atoms with Gasteiger partial charge in [0.2, 0.25) is 0 Å². The average Bonchev–Trinajstić information content (AvgIpc) is 2.42. The van der Waals surface area contributed by atoms with E-state index in [1.54, 1.807) is 11.3 Å². The zero-order valence-corrected chi connectivity index (χ0v) is 9.71. The quantitative estimate of drug-likeness (QED) is 0.831. The molecule has 0 saturated heterocycles. The molecular formula is C10H10BrNS. The molecular weight excluding hydrogens is 246 g/mol. The summed E-state index contributed by atoms with van der Waals surface area (Å²) >= 11 is 5.25. The molecule has 1 aromatic heterocycles. The highest BCUT2D eigenvalue weighted by molar-refractivity contribution is 9.10. The van der Waals surface area contributed by atoms with Crippen molar-refractivity contribution < 1.29 is 0 Å². The molecule has 1 aromatic carbocycles. The lowest BCUT2D eigenvalue weighted by molar-refractivity contribution is 1.09. The number of rotatable bonds is 1. The largest absolute Gasteiger partial charge is 0.326 e. The molecule has 0 fully saturated rings. The lowest BCUT2D eigenvalue weighted by Gasteiger charge is -1.93. The van der Waals surface area contributed by atoms with Crippen molar-refractivity contribution in [3.8, 4) is 0 Å². The Labute approximate surface area is 89.7 Å². The van der Waals surface area contributed by atoms with Crippen LogP contribution in [0.5, 0.6) is 0 Å². The summed E-state index contributed by atoms with van der Waals surface area (Å²) in [6.07, 6.45) is 0. The van der Waals surface area contributed by atoms with Gasteiger partial charge in [0.15, 0.2) is 0 Å². The molecule has 68 valence electrons. The minimum atomic E-state index is 0.642. The molecule has 3 heteroatoms. The molecule has 0 radical (unpaired) electrons. The molecule has 0 aliphatic rings. The van der Waals surface area contributed by atoms with Gasteiger partial charge in [-0.2, -0.15) is 0 Å². The fourth-order valence-corrected chi connectivity index (χ4v) is 3.09. The molecule has 2 rings (SSSR count). The maximum atomic E-state index is 5.65. The van der Waals surface area contributed by atoms with E-state index in [1.807, 2.05) is 0 Å². The Morgan fingerprint density at radius 1 is 1.46 bits per heavy atom. The summed E-state index contributed by atoms with van der Waals surface area (Å²) in [5.41, 5.74) is 6.98. The summed E-state index contributed by atoms with van der Waals surface area (Å²) in [6, 6.07) is 6.36. The summed E-state index contributed by atoms with van der Waals surface area (Å²) < 4.78 is 2.44. The van der Waals surface area contributed by atoms with Crippen molar-refractivity contribution in [2.75, 3.05) is 0 Å². The standard InChI is InChI=1S/C10H10BrNS/c1-6-8-3-2-7(11)4-9(8)13-10(6)5-12/h2-4H,5,12H2,1H3. The molecule has 0 atom stereocenters. The molecule has 0 aliphatic carbocycles. The van der Waals surface area contributed by atoms with E-state index in [0.29, 0.717) is 6.54 Å². The van der Waals surface area contributed by atoms with Gasteiger partial charge in [-0.25, -0.2) is 0 Å². The van der Waals surface area contributed by atoms with Crippen LogP contribution in [0.15, 0.2) is 22.7 Å². The first-order chi connectivity index (χ1) is 6.22. The Kier molecular flexibility index (Phi) is 2.41. The molecule has 13 heavy (non-hydrogen) atoms. The molecule has 1 nitrogen and oxygen atoms in total. The molecule has 2 N–H and O–H groups in total. The Hall–Kier alpha value is -0.380. The smallest absolute Gasteiger partial charge is 0.0360 e. The van der Waals surface area contributed by atoms with E-state index in [0.717, 1.165) is 4.47 Å². The van der Waals surface area contributed by atoms with Crippen LogP contribution >= 0.6 is 27.3 Å².